The largest absolute Gasteiger partial charge is 0.411 e. The second-order valence-corrected chi connectivity index (χ2v) is 4.13. The highest BCUT2D eigenvalue weighted by atomic mass is 35.5. The van der Waals surface area contributed by atoms with Crippen LogP contribution in [0.1, 0.15) is 11.0 Å². The Bertz CT molecular complexity index is 313. The van der Waals surface area contributed by atoms with E-state index in [4.69, 9.17) is 11.6 Å². The van der Waals surface area contributed by atoms with Gasteiger partial charge in [0, 0.05) is 0 Å². The van der Waals surface area contributed by atoms with Gasteiger partial charge in [0.25, 0.3) is 0 Å². The van der Waals surface area contributed by atoms with E-state index in [1.807, 2.05) is 0 Å². The van der Waals surface area contributed by atoms with Crippen molar-refractivity contribution in [2.24, 2.45) is 0 Å². The smallest absolute Gasteiger partial charge is 0.385 e. The maximum absolute atomic E-state index is 11.7. The van der Waals surface area contributed by atoms with Crippen molar-refractivity contribution in [3.05, 3.63) is 21.3 Å². The zero-order chi connectivity index (χ0) is 11.5. The Kier molecular flexibility index (Phi) is 4.39. The molecule has 0 saturated carbocycles. The molecule has 0 aromatic carbocycles. The molecule has 86 valence electrons. The monoisotopic (exact) mass is 260 g/mol. The first-order chi connectivity index (χ1) is 6.90. The van der Waals surface area contributed by atoms with Crippen LogP contribution in [-0.4, -0.2) is 24.5 Å². The summed E-state index contributed by atoms with van der Waals surface area (Å²) in [4.78, 5) is 0.416. The summed E-state index contributed by atoms with van der Waals surface area (Å²) in [7, 11) is 0. The third kappa shape index (κ3) is 4.38. The van der Waals surface area contributed by atoms with Gasteiger partial charge < -0.3 is 9.84 Å². The average molecular weight is 261 g/mol. The van der Waals surface area contributed by atoms with Crippen LogP contribution in [0.25, 0.3) is 0 Å². The van der Waals surface area contributed by atoms with Gasteiger partial charge in [-0.05, 0) is 11.4 Å². The molecule has 0 amide bonds. The zero-order valence-corrected chi connectivity index (χ0v) is 8.99. The van der Waals surface area contributed by atoms with E-state index in [1.165, 1.54) is 11.3 Å². The molecule has 1 rings (SSSR count). The Morgan fingerprint density at radius 1 is 1.53 bits per heavy atom. The van der Waals surface area contributed by atoms with Crippen molar-refractivity contribution in [2.45, 2.75) is 12.3 Å². The van der Waals surface area contributed by atoms with E-state index in [1.54, 1.807) is 11.4 Å². The molecular formula is C8H8ClF3O2S. The summed E-state index contributed by atoms with van der Waals surface area (Å²) in [6.07, 6.45) is -5.49. The van der Waals surface area contributed by atoms with E-state index >= 15 is 0 Å². The number of halogens is 4. The summed E-state index contributed by atoms with van der Waals surface area (Å²) in [6, 6.07) is 1.56. The summed E-state index contributed by atoms with van der Waals surface area (Å²) in [5, 5.41) is 11.4. The lowest BCUT2D eigenvalue weighted by Crippen LogP contribution is -2.19. The standard InChI is InChI=1S/C8H8ClF3O2S/c9-5-1-2-15-7(5)6(13)3-14-4-8(10,11)12/h1-2,6,13H,3-4H2. The molecule has 0 aliphatic carbocycles. The van der Waals surface area contributed by atoms with Gasteiger partial charge in [0.15, 0.2) is 0 Å². The molecule has 0 radical (unpaired) electrons. The topological polar surface area (TPSA) is 29.5 Å². The number of rotatable bonds is 4. The maximum atomic E-state index is 11.7. The number of aliphatic hydroxyl groups is 1. The molecule has 0 fully saturated rings. The SMILES string of the molecule is OC(COCC(F)(F)F)c1sccc1Cl. The lowest BCUT2D eigenvalue weighted by atomic mass is 10.3. The summed E-state index contributed by atoms with van der Waals surface area (Å²) in [6.45, 7) is -1.78. The summed E-state index contributed by atoms with van der Waals surface area (Å²) >= 11 is 6.85. The average Bonchev–Trinajstić information content (AvgIpc) is 2.48. The maximum Gasteiger partial charge on any atom is 0.411 e. The van der Waals surface area contributed by atoms with E-state index in [9.17, 15) is 18.3 Å². The minimum atomic E-state index is -4.38. The summed E-state index contributed by atoms with van der Waals surface area (Å²) in [5.74, 6) is 0. The molecule has 7 heteroatoms. The third-order valence-electron chi connectivity index (χ3n) is 1.49. The Labute approximate surface area is 93.2 Å². The van der Waals surface area contributed by atoms with Gasteiger partial charge in [-0.25, -0.2) is 0 Å². The molecule has 15 heavy (non-hydrogen) atoms. The molecule has 1 N–H and O–H groups in total. The quantitative estimate of drug-likeness (QED) is 0.902. The van der Waals surface area contributed by atoms with Gasteiger partial charge in [-0.2, -0.15) is 13.2 Å². The predicted molar refractivity (Wildman–Crippen MR) is 51.2 cm³/mol. The van der Waals surface area contributed by atoms with Crippen LogP contribution in [0.4, 0.5) is 13.2 Å². The van der Waals surface area contributed by atoms with Crippen molar-refractivity contribution in [3.8, 4) is 0 Å². The predicted octanol–water partition coefficient (Wildman–Crippen LogP) is 3.01. The molecule has 0 aliphatic rings. The van der Waals surface area contributed by atoms with Gasteiger partial charge >= 0.3 is 6.18 Å². The van der Waals surface area contributed by atoms with Crippen LogP contribution in [0.15, 0.2) is 11.4 Å². The lowest BCUT2D eigenvalue weighted by molar-refractivity contribution is -0.179. The van der Waals surface area contributed by atoms with E-state index in [0.717, 1.165) is 0 Å². The lowest BCUT2D eigenvalue weighted by Gasteiger charge is -2.11. The zero-order valence-electron chi connectivity index (χ0n) is 7.42. The van der Waals surface area contributed by atoms with Gasteiger partial charge in [-0.3, -0.25) is 0 Å². The Balaban J connectivity index is 2.37. The van der Waals surface area contributed by atoms with Crippen LogP contribution in [0, 0.1) is 0 Å². The van der Waals surface area contributed by atoms with Crippen molar-refractivity contribution < 1.29 is 23.0 Å². The minimum Gasteiger partial charge on any atom is -0.385 e. The molecule has 1 atom stereocenters. The molecule has 0 spiro atoms. The number of aliphatic hydroxyl groups excluding tert-OH is 1. The Hall–Kier alpha value is -0.300. The molecule has 0 saturated heterocycles. The normalized spacial score (nSPS) is 14.2. The fourth-order valence-electron chi connectivity index (χ4n) is 0.905. The van der Waals surface area contributed by atoms with E-state index in [-0.39, 0.29) is 0 Å². The van der Waals surface area contributed by atoms with E-state index < -0.39 is 25.5 Å². The van der Waals surface area contributed by atoms with Crippen LogP contribution in [-0.2, 0) is 4.74 Å². The minimum absolute atomic E-state index is 0.336. The van der Waals surface area contributed by atoms with Crippen molar-refractivity contribution in [1.82, 2.24) is 0 Å². The second-order valence-electron chi connectivity index (χ2n) is 2.78. The molecule has 0 bridgehead atoms. The summed E-state index contributed by atoms with van der Waals surface area (Å²) in [5.41, 5.74) is 0. The first kappa shape index (κ1) is 12.8. The first-order valence-electron chi connectivity index (χ1n) is 3.95. The van der Waals surface area contributed by atoms with E-state index in [2.05, 4.69) is 4.74 Å². The number of alkyl halides is 3. The molecule has 2 nitrogen and oxygen atoms in total. The summed E-state index contributed by atoms with van der Waals surface area (Å²) < 4.78 is 39.4. The fraction of sp³-hybridized carbons (Fsp3) is 0.500. The van der Waals surface area contributed by atoms with Crippen molar-refractivity contribution >= 4 is 22.9 Å². The van der Waals surface area contributed by atoms with Crippen molar-refractivity contribution in [2.75, 3.05) is 13.2 Å². The fourth-order valence-corrected chi connectivity index (χ4v) is 2.06. The van der Waals surface area contributed by atoms with Crippen LogP contribution >= 0.6 is 22.9 Å². The van der Waals surface area contributed by atoms with Gasteiger partial charge in [0.2, 0.25) is 0 Å². The van der Waals surface area contributed by atoms with Gasteiger partial charge in [0.05, 0.1) is 16.5 Å². The highest BCUT2D eigenvalue weighted by molar-refractivity contribution is 7.10. The Morgan fingerprint density at radius 3 is 2.67 bits per heavy atom. The molecule has 1 aromatic rings. The Morgan fingerprint density at radius 2 is 2.20 bits per heavy atom. The van der Waals surface area contributed by atoms with Gasteiger partial charge in [-0.1, -0.05) is 11.6 Å². The third-order valence-corrected chi connectivity index (χ3v) is 2.95. The number of thiophene rings is 1. The highest BCUT2D eigenvalue weighted by Crippen LogP contribution is 2.29. The first-order valence-corrected chi connectivity index (χ1v) is 5.21. The van der Waals surface area contributed by atoms with Crippen molar-refractivity contribution in [1.29, 1.82) is 0 Å². The molecule has 1 unspecified atom stereocenters. The molecular weight excluding hydrogens is 253 g/mol. The van der Waals surface area contributed by atoms with E-state index in [0.29, 0.717) is 9.90 Å². The number of hydrogen-bond acceptors (Lipinski definition) is 3. The molecule has 1 heterocycles. The van der Waals surface area contributed by atoms with Crippen LogP contribution < -0.4 is 0 Å². The molecule has 1 aromatic heterocycles. The van der Waals surface area contributed by atoms with Crippen LogP contribution in [0.5, 0.6) is 0 Å². The van der Waals surface area contributed by atoms with Gasteiger partial charge in [-0.15, -0.1) is 11.3 Å². The number of ether oxygens (including phenoxy) is 1. The van der Waals surface area contributed by atoms with Gasteiger partial charge in [0.1, 0.15) is 12.7 Å². The second kappa shape index (κ2) is 5.16. The van der Waals surface area contributed by atoms with Crippen molar-refractivity contribution in [3.63, 3.8) is 0 Å². The van der Waals surface area contributed by atoms with Crippen LogP contribution in [0.3, 0.4) is 0 Å². The number of hydrogen-bond donors (Lipinski definition) is 1. The molecule has 0 aliphatic heterocycles. The van der Waals surface area contributed by atoms with Crippen LogP contribution in [0.2, 0.25) is 5.02 Å². The highest BCUT2D eigenvalue weighted by Gasteiger charge is 2.28.